The molecule has 0 aromatic carbocycles. The molecule has 2 aliphatic rings. The number of aryl methyl sites for hydroxylation is 2. The number of nitrogens with one attached hydrogen (secondary N) is 1. The van der Waals surface area contributed by atoms with Gasteiger partial charge in [0, 0.05) is 12.5 Å². The van der Waals surface area contributed by atoms with Gasteiger partial charge in [0.2, 0.25) is 0 Å². The zero-order valence-corrected chi connectivity index (χ0v) is 14.8. The molecule has 8 heteroatoms. The molecule has 0 bridgehead atoms. The van der Waals surface area contributed by atoms with Crippen LogP contribution in [0, 0.1) is 5.41 Å². The fraction of sp³-hybridized carbons (Fsp3) is 0.647. The van der Waals surface area contributed by atoms with Gasteiger partial charge in [0.25, 0.3) is 5.91 Å². The van der Waals surface area contributed by atoms with E-state index in [1.54, 1.807) is 10.9 Å². The number of hydrogen-bond acceptors (Lipinski definition) is 5. The smallest absolute Gasteiger partial charge is 0.273 e. The molecule has 25 heavy (non-hydrogen) atoms. The first-order chi connectivity index (χ1) is 12.0. The van der Waals surface area contributed by atoms with Crippen LogP contribution >= 0.6 is 0 Å². The number of hydrogen-bond donors (Lipinski definition) is 1. The highest BCUT2D eigenvalue weighted by molar-refractivity contribution is 5.91. The number of nitrogens with zero attached hydrogens (tertiary/aromatic N) is 5. The van der Waals surface area contributed by atoms with Gasteiger partial charge >= 0.3 is 0 Å². The van der Waals surface area contributed by atoms with Crippen LogP contribution in [0.3, 0.4) is 0 Å². The highest BCUT2D eigenvalue weighted by atomic mass is 16.5. The summed E-state index contributed by atoms with van der Waals surface area (Å²) in [5.74, 6) is -0.202. The average molecular weight is 344 g/mol. The third kappa shape index (κ3) is 3.18. The predicted octanol–water partition coefficient (Wildman–Crippen LogP) is 0.857. The van der Waals surface area contributed by atoms with Gasteiger partial charge in [0.15, 0.2) is 5.69 Å². The monoisotopic (exact) mass is 344 g/mol. The average Bonchev–Trinajstić information content (AvgIpc) is 3.15. The Morgan fingerprint density at radius 2 is 2.16 bits per heavy atom. The maximum Gasteiger partial charge on any atom is 0.273 e. The molecular weight excluding hydrogens is 320 g/mol. The van der Waals surface area contributed by atoms with Crippen LogP contribution in [0.25, 0.3) is 0 Å². The Labute approximate surface area is 146 Å². The van der Waals surface area contributed by atoms with Gasteiger partial charge < -0.3 is 10.1 Å². The van der Waals surface area contributed by atoms with Crippen molar-refractivity contribution in [3.05, 3.63) is 28.8 Å². The summed E-state index contributed by atoms with van der Waals surface area (Å²) >= 11 is 0. The van der Waals surface area contributed by atoms with Crippen LogP contribution in [0.15, 0.2) is 6.20 Å². The lowest BCUT2D eigenvalue weighted by Gasteiger charge is -2.37. The van der Waals surface area contributed by atoms with Crippen molar-refractivity contribution in [2.45, 2.75) is 45.7 Å². The lowest BCUT2D eigenvalue weighted by molar-refractivity contribution is -0.111. The molecule has 4 rings (SSSR count). The van der Waals surface area contributed by atoms with Gasteiger partial charge in [-0.2, -0.15) is 5.10 Å². The van der Waals surface area contributed by atoms with Crippen molar-refractivity contribution < 1.29 is 9.53 Å². The van der Waals surface area contributed by atoms with E-state index < -0.39 is 0 Å². The summed E-state index contributed by atoms with van der Waals surface area (Å²) in [6.45, 7) is 4.77. The summed E-state index contributed by atoms with van der Waals surface area (Å²) in [6.07, 6.45) is 6.18. The Balaban J connectivity index is 1.39. The van der Waals surface area contributed by atoms with Crippen LogP contribution < -0.4 is 5.32 Å². The molecule has 8 nitrogen and oxygen atoms in total. The number of amides is 1. The summed E-state index contributed by atoms with van der Waals surface area (Å²) in [6, 6.07) is 0. The molecule has 1 aliphatic carbocycles. The zero-order chi connectivity index (χ0) is 17.4. The molecule has 0 saturated carbocycles. The number of aromatic nitrogens is 5. The van der Waals surface area contributed by atoms with E-state index in [1.807, 2.05) is 11.7 Å². The molecule has 2 aromatic rings. The maximum absolute atomic E-state index is 12.4. The normalized spacial score (nSPS) is 18.5. The SMILES string of the molecule is Cn1nc2c(c1CNC(=O)c1cn(CC3(C)COC3)nn1)CCCC2. The van der Waals surface area contributed by atoms with E-state index in [9.17, 15) is 4.79 Å². The van der Waals surface area contributed by atoms with Crippen LogP contribution in [0.1, 0.15) is 47.2 Å². The second-order valence-corrected chi connectivity index (χ2v) is 7.49. The molecule has 1 aliphatic heterocycles. The summed E-state index contributed by atoms with van der Waals surface area (Å²) < 4.78 is 8.87. The first-order valence-corrected chi connectivity index (χ1v) is 8.84. The first-order valence-electron chi connectivity index (χ1n) is 8.84. The fourth-order valence-electron chi connectivity index (χ4n) is 3.64. The minimum absolute atomic E-state index is 0.0925. The first kappa shape index (κ1) is 16.3. The second kappa shape index (κ2) is 6.25. The Hall–Kier alpha value is -2.22. The van der Waals surface area contributed by atoms with E-state index in [4.69, 9.17) is 4.74 Å². The highest BCUT2D eigenvalue weighted by Gasteiger charge is 2.34. The van der Waals surface area contributed by atoms with Gasteiger partial charge in [-0.05, 0) is 31.2 Å². The Morgan fingerprint density at radius 1 is 1.36 bits per heavy atom. The third-order valence-corrected chi connectivity index (χ3v) is 5.08. The van der Waals surface area contributed by atoms with Gasteiger partial charge in [-0.3, -0.25) is 14.2 Å². The van der Waals surface area contributed by atoms with E-state index in [0.717, 1.165) is 31.7 Å². The van der Waals surface area contributed by atoms with Gasteiger partial charge in [-0.15, -0.1) is 5.10 Å². The quantitative estimate of drug-likeness (QED) is 0.869. The Morgan fingerprint density at radius 3 is 2.92 bits per heavy atom. The van der Waals surface area contributed by atoms with Crippen molar-refractivity contribution in [2.24, 2.45) is 12.5 Å². The Kier molecular flexibility index (Phi) is 4.07. The molecule has 1 amide bonds. The lowest BCUT2D eigenvalue weighted by Crippen LogP contribution is -2.43. The van der Waals surface area contributed by atoms with E-state index >= 15 is 0 Å². The summed E-state index contributed by atoms with van der Waals surface area (Å²) in [4.78, 5) is 12.4. The van der Waals surface area contributed by atoms with Crippen molar-refractivity contribution in [2.75, 3.05) is 13.2 Å². The van der Waals surface area contributed by atoms with Crippen molar-refractivity contribution >= 4 is 5.91 Å². The number of carbonyl (C=O) groups excluding carboxylic acids is 1. The van der Waals surface area contributed by atoms with Gasteiger partial charge in [0.1, 0.15) is 0 Å². The van der Waals surface area contributed by atoms with E-state index in [-0.39, 0.29) is 11.3 Å². The number of fused-ring (bicyclic) bond motifs is 1. The topological polar surface area (TPSA) is 86.9 Å². The largest absolute Gasteiger partial charge is 0.380 e. The van der Waals surface area contributed by atoms with E-state index in [0.29, 0.717) is 18.8 Å². The number of ether oxygens (including phenoxy) is 1. The molecule has 1 fully saturated rings. The molecular formula is C17H24N6O2. The summed E-state index contributed by atoms with van der Waals surface area (Å²) in [7, 11) is 1.94. The predicted molar refractivity (Wildman–Crippen MR) is 90.0 cm³/mol. The molecule has 2 aromatic heterocycles. The molecule has 0 unspecified atom stereocenters. The van der Waals surface area contributed by atoms with Crippen molar-refractivity contribution in [3.8, 4) is 0 Å². The maximum atomic E-state index is 12.4. The summed E-state index contributed by atoms with van der Waals surface area (Å²) in [5, 5.41) is 15.6. The van der Waals surface area contributed by atoms with Crippen molar-refractivity contribution in [1.29, 1.82) is 0 Å². The van der Waals surface area contributed by atoms with Gasteiger partial charge in [-0.1, -0.05) is 12.1 Å². The lowest BCUT2D eigenvalue weighted by atomic mass is 9.89. The molecule has 0 spiro atoms. The molecule has 0 radical (unpaired) electrons. The standard InChI is InChI=1S/C17H24N6O2/c1-17(10-25-11-17)9-23-8-14(19-21-23)16(24)18-7-15-12-5-3-4-6-13(12)20-22(15)2/h8H,3-7,9-11H2,1-2H3,(H,18,24). The van der Waals surface area contributed by atoms with E-state index in [1.165, 1.54) is 24.1 Å². The van der Waals surface area contributed by atoms with Crippen LogP contribution in [0.5, 0.6) is 0 Å². The van der Waals surface area contributed by atoms with Crippen LogP contribution in [-0.4, -0.2) is 43.9 Å². The zero-order valence-electron chi connectivity index (χ0n) is 14.8. The Bertz CT molecular complexity index is 789. The van der Waals surface area contributed by atoms with Crippen LogP contribution in [-0.2, 0) is 37.7 Å². The van der Waals surface area contributed by atoms with Gasteiger partial charge in [0.05, 0.1) is 43.9 Å². The number of carbonyl (C=O) groups is 1. The van der Waals surface area contributed by atoms with Crippen molar-refractivity contribution in [3.63, 3.8) is 0 Å². The second-order valence-electron chi connectivity index (χ2n) is 7.49. The molecule has 1 N–H and O–H groups in total. The summed E-state index contributed by atoms with van der Waals surface area (Å²) in [5.41, 5.74) is 4.01. The third-order valence-electron chi connectivity index (χ3n) is 5.08. The molecule has 3 heterocycles. The van der Waals surface area contributed by atoms with Crippen LogP contribution in [0.4, 0.5) is 0 Å². The number of rotatable bonds is 5. The minimum atomic E-state index is -0.202. The molecule has 0 atom stereocenters. The molecule has 1 saturated heterocycles. The van der Waals surface area contributed by atoms with E-state index in [2.05, 4.69) is 27.7 Å². The minimum Gasteiger partial charge on any atom is -0.380 e. The fourth-order valence-corrected chi connectivity index (χ4v) is 3.64. The highest BCUT2D eigenvalue weighted by Crippen LogP contribution is 2.28. The van der Waals surface area contributed by atoms with Crippen LogP contribution in [0.2, 0.25) is 0 Å². The van der Waals surface area contributed by atoms with Gasteiger partial charge in [-0.25, -0.2) is 0 Å². The molecule has 134 valence electrons. The van der Waals surface area contributed by atoms with Crippen molar-refractivity contribution in [1.82, 2.24) is 30.1 Å².